The highest BCUT2D eigenvalue weighted by Gasteiger charge is 2.13. The Bertz CT molecular complexity index is 708. The summed E-state index contributed by atoms with van der Waals surface area (Å²) in [6, 6.07) is 14.8. The monoisotopic (exact) mass is 326 g/mol. The molecular formula is C19H22N2O3. The van der Waals surface area contributed by atoms with Gasteiger partial charge in [0.1, 0.15) is 11.5 Å². The molecule has 0 radical (unpaired) electrons. The zero-order valence-corrected chi connectivity index (χ0v) is 14.2. The van der Waals surface area contributed by atoms with Crippen LogP contribution in [-0.4, -0.2) is 37.8 Å². The second kappa shape index (κ2) is 8.34. The van der Waals surface area contributed by atoms with E-state index in [-0.39, 0.29) is 0 Å². The molecule has 5 nitrogen and oxygen atoms in total. The van der Waals surface area contributed by atoms with Crippen LogP contribution in [0.4, 0.5) is 0 Å². The highest BCUT2D eigenvalue weighted by atomic mass is 16.5. The van der Waals surface area contributed by atoms with Crippen LogP contribution in [0.5, 0.6) is 11.5 Å². The Morgan fingerprint density at radius 3 is 2.42 bits per heavy atom. The average molecular weight is 326 g/mol. The summed E-state index contributed by atoms with van der Waals surface area (Å²) in [5.41, 5.74) is 2.40. The van der Waals surface area contributed by atoms with Crippen LogP contribution in [0.1, 0.15) is 22.8 Å². The van der Waals surface area contributed by atoms with Gasteiger partial charge in [-0.2, -0.15) is 5.26 Å². The number of benzene rings is 2. The maximum Gasteiger partial charge on any atom is 0.127 e. The average Bonchev–Trinajstić information content (AvgIpc) is 2.61. The van der Waals surface area contributed by atoms with Gasteiger partial charge in [-0.05, 0) is 30.8 Å². The van der Waals surface area contributed by atoms with E-state index in [1.165, 1.54) is 0 Å². The minimum absolute atomic E-state index is 0.473. The standard InChI is InChI=1S/C19H22N2O3/c1-21(12-16-8-9-17(23-2)10-19(16)24-3)13-18(22)15-6-4-14(11-20)5-7-15/h4-10,18,22H,12-13H2,1-3H3. The van der Waals surface area contributed by atoms with Crippen molar-refractivity contribution >= 4 is 0 Å². The van der Waals surface area contributed by atoms with Crippen LogP contribution in [0.25, 0.3) is 0 Å². The third-order valence-corrected chi connectivity index (χ3v) is 3.84. The van der Waals surface area contributed by atoms with Gasteiger partial charge in [0, 0.05) is 24.7 Å². The number of hydrogen-bond acceptors (Lipinski definition) is 5. The van der Waals surface area contributed by atoms with Gasteiger partial charge in [0.2, 0.25) is 0 Å². The minimum atomic E-state index is -0.619. The third kappa shape index (κ3) is 4.48. The molecule has 0 spiro atoms. The fraction of sp³-hybridized carbons (Fsp3) is 0.316. The number of likely N-dealkylation sites (N-methyl/N-ethyl adjacent to an activating group) is 1. The third-order valence-electron chi connectivity index (χ3n) is 3.84. The topological polar surface area (TPSA) is 65.7 Å². The maximum absolute atomic E-state index is 10.4. The van der Waals surface area contributed by atoms with E-state index in [0.717, 1.165) is 22.6 Å². The maximum atomic E-state index is 10.4. The van der Waals surface area contributed by atoms with Crippen molar-refractivity contribution in [1.82, 2.24) is 4.90 Å². The molecule has 0 saturated carbocycles. The number of hydrogen-bond donors (Lipinski definition) is 1. The second-order valence-electron chi connectivity index (χ2n) is 5.62. The molecule has 2 rings (SSSR count). The summed E-state index contributed by atoms with van der Waals surface area (Å²) in [6.07, 6.45) is -0.619. The van der Waals surface area contributed by atoms with Crippen LogP contribution in [-0.2, 0) is 6.54 Å². The predicted octanol–water partition coefficient (Wildman–Crippen LogP) is 2.74. The van der Waals surface area contributed by atoms with Gasteiger partial charge < -0.3 is 14.6 Å². The summed E-state index contributed by atoms with van der Waals surface area (Å²) in [5, 5.41) is 19.2. The van der Waals surface area contributed by atoms with Gasteiger partial charge in [0.05, 0.1) is 32.0 Å². The van der Waals surface area contributed by atoms with Crippen LogP contribution in [0.3, 0.4) is 0 Å². The second-order valence-corrected chi connectivity index (χ2v) is 5.62. The molecule has 1 atom stereocenters. The molecule has 0 amide bonds. The fourth-order valence-corrected chi connectivity index (χ4v) is 2.52. The number of aliphatic hydroxyl groups is 1. The van der Waals surface area contributed by atoms with E-state index in [9.17, 15) is 5.11 Å². The van der Waals surface area contributed by atoms with Crippen LogP contribution in [0.2, 0.25) is 0 Å². The van der Waals surface area contributed by atoms with E-state index in [1.54, 1.807) is 38.5 Å². The van der Waals surface area contributed by atoms with Crippen LogP contribution < -0.4 is 9.47 Å². The molecule has 0 fully saturated rings. The predicted molar refractivity (Wildman–Crippen MR) is 92.0 cm³/mol. The molecule has 5 heteroatoms. The van der Waals surface area contributed by atoms with Gasteiger partial charge in [-0.3, -0.25) is 4.90 Å². The van der Waals surface area contributed by atoms with Crippen LogP contribution in [0.15, 0.2) is 42.5 Å². The van der Waals surface area contributed by atoms with Gasteiger partial charge in [0.15, 0.2) is 0 Å². The zero-order chi connectivity index (χ0) is 17.5. The van der Waals surface area contributed by atoms with E-state index in [4.69, 9.17) is 14.7 Å². The Hall–Kier alpha value is -2.55. The SMILES string of the molecule is COc1ccc(CN(C)CC(O)c2ccc(C#N)cc2)c(OC)c1. The van der Waals surface area contributed by atoms with Crippen molar-refractivity contribution in [2.75, 3.05) is 27.8 Å². The summed E-state index contributed by atoms with van der Waals surface area (Å²) in [6.45, 7) is 1.11. The lowest BCUT2D eigenvalue weighted by Gasteiger charge is -2.22. The van der Waals surface area contributed by atoms with Crippen molar-refractivity contribution in [2.24, 2.45) is 0 Å². The van der Waals surface area contributed by atoms with Crippen molar-refractivity contribution in [1.29, 1.82) is 5.26 Å². The van der Waals surface area contributed by atoms with Crippen molar-refractivity contribution in [3.63, 3.8) is 0 Å². The number of rotatable bonds is 7. The smallest absolute Gasteiger partial charge is 0.127 e. The largest absolute Gasteiger partial charge is 0.497 e. The summed E-state index contributed by atoms with van der Waals surface area (Å²) in [7, 11) is 5.19. The molecular weight excluding hydrogens is 304 g/mol. The van der Waals surface area contributed by atoms with Gasteiger partial charge in [-0.25, -0.2) is 0 Å². The number of nitriles is 1. The van der Waals surface area contributed by atoms with Crippen molar-refractivity contribution < 1.29 is 14.6 Å². The molecule has 0 bridgehead atoms. The lowest BCUT2D eigenvalue weighted by atomic mass is 10.1. The molecule has 0 aliphatic rings. The fourth-order valence-electron chi connectivity index (χ4n) is 2.52. The molecule has 126 valence electrons. The zero-order valence-electron chi connectivity index (χ0n) is 14.2. The first-order valence-corrected chi connectivity index (χ1v) is 7.65. The molecule has 0 heterocycles. The van der Waals surface area contributed by atoms with Gasteiger partial charge in [-0.15, -0.1) is 0 Å². The van der Waals surface area contributed by atoms with Crippen molar-refractivity contribution in [3.05, 3.63) is 59.2 Å². The summed E-state index contributed by atoms with van der Waals surface area (Å²) >= 11 is 0. The summed E-state index contributed by atoms with van der Waals surface area (Å²) < 4.78 is 10.6. The molecule has 1 N–H and O–H groups in total. The number of nitrogens with zero attached hydrogens (tertiary/aromatic N) is 2. The molecule has 0 aliphatic heterocycles. The first kappa shape index (κ1) is 17.8. The Kier molecular flexibility index (Phi) is 6.19. The Balaban J connectivity index is 2.01. The summed E-state index contributed by atoms with van der Waals surface area (Å²) in [5.74, 6) is 1.50. The van der Waals surface area contributed by atoms with Crippen molar-refractivity contribution in [3.8, 4) is 17.6 Å². The van der Waals surface area contributed by atoms with E-state index < -0.39 is 6.10 Å². The molecule has 24 heavy (non-hydrogen) atoms. The molecule has 1 unspecified atom stereocenters. The molecule has 2 aromatic rings. The molecule has 0 aromatic heterocycles. The highest BCUT2D eigenvalue weighted by Crippen LogP contribution is 2.26. The van der Waals surface area contributed by atoms with Crippen LogP contribution in [0, 0.1) is 11.3 Å². The number of ether oxygens (including phenoxy) is 2. The van der Waals surface area contributed by atoms with Gasteiger partial charge in [-0.1, -0.05) is 18.2 Å². The van der Waals surface area contributed by atoms with E-state index in [0.29, 0.717) is 18.7 Å². The van der Waals surface area contributed by atoms with Crippen LogP contribution >= 0.6 is 0 Å². The lowest BCUT2D eigenvalue weighted by molar-refractivity contribution is 0.123. The summed E-state index contributed by atoms with van der Waals surface area (Å²) in [4.78, 5) is 2.02. The van der Waals surface area contributed by atoms with Gasteiger partial charge in [0.25, 0.3) is 0 Å². The highest BCUT2D eigenvalue weighted by molar-refractivity contribution is 5.40. The first-order valence-electron chi connectivity index (χ1n) is 7.65. The van der Waals surface area contributed by atoms with E-state index in [2.05, 4.69) is 6.07 Å². The lowest BCUT2D eigenvalue weighted by Crippen LogP contribution is -2.24. The minimum Gasteiger partial charge on any atom is -0.497 e. The Morgan fingerprint density at radius 1 is 1.12 bits per heavy atom. The van der Waals surface area contributed by atoms with E-state index >= 15 is 0 Å². The van der Waals surface area contributed by atoms with Gasteiger partial charge >= 0.3 is 0 Å². The normalized spacial score (nSPS) is 11.8. The number of aliphatic hydroxyl groups excluding tert-OH is 1. The quantitative estimate of drug-likeness (QED) is 0.847. The molecule has 0 aliphatic carbocycles. The molecule has 2 aromatic carbocycles. The molecule has 0 saturated heterocycles. The van der Waals surface area contributed by atoms with Crippen molar-refractivity contribution in [2.45, 2.75) is 12.6 Å². The number of methoxy groups -OCH3 is 2. The van der Waals surface area contributed by atoms with E-state index in [1.807, 2.05) is 30.1 Å². The Morgan fingerprint density at radius 2 is 1.83 bits per heavy atom. The first-order chi connectivity index (χ1) is 11.6. The Labute approximate surface area is 142 Å².